The maximum Gasteiger partial charge on any atom is 0.480 e. The average molecular weight is 450 g/mol. The topological polar surface area (TPSA) is 82.4 Å². The number of nitrogens with zero attached hydrogens (tertiary/aromatic N) is 2. The van der Waals surface area contributed by atoms with E-state index in [1.165, 1.54) is 49.8 Å². The largest absolute Gasteiger partial charge is 0.480 e. The smallest absolute Gasteiger partial charge is 0.421 e. The van der Waals surface area contributed by atoms with E-state index in [1.54, 1.807) is 0 Å². The Labute approximate surface area is 155 Å². The molecule has 2 atom stereocenters. The number of sulfonamides is 2. The molecule has 0 amide bonds. The summed E-state index contributed by atoms with van der Waals surface area (Å²) >= 11 is 0. The van der Waals surface area contributed by atoms with Crippen molar-refractivity contribution >= 4 is 20.0 Å². The van der Waals surface area contributed by atoms with Crippen LogP contribution in [-0.2, 0) is 20.0 Å². The van der Waals surface area contributed by atoms with Crippen molar-refractivity contribution < 1.29 is 47.7 Å². The summed E-state index contributed by atoms with van der Waals surface area (Å²) in [6.45, 7) is 8.94. The maximum absolute atomic E-state index is 11.4. The molecule has 0 saturated carbocycles. The number of hydrogen-bond donors (Lipinski definition) is 0. The van der Waals surface area contributed by atoms with Crippen molar-refractivity contribution in [1.29, 1.82) is 0 Å². The standard InChI is InChI=1S/C11H24N.C2F6NO4S2/c1-4-5-8-12(3)9-6-7-11(2)10-12;3-1(4,5)14(10,11)9-15(12,13)2(6,7)8/h11H,4-10H2,1-3H3;/q+1;-1. The molecule has 0 radical (unpaired) electrons. The van der Waals surface area contributed by atoms with Crippen LogP contribution in [-0.4, -0.2) is 59.0 Å². The zero-order valence-electron chi connectivity index (χ0n) is 15.1. The third-order valence-electron chi connectivity index (χ3n) is 3.98. The molecule has 0 aromatic carbocycles. The van der Waals surface area contributed by atoms with Gasteiger partial charge in [-0.3, -0.25) is 0 Å². The number of likely N-dealkylation sites (tertiary alicyclic amines) is 1. The fraction of sp³-hybridized carbons (Fsp3) is 1.00. The molecule has 0 aliphatic carbocycles. The molecule has 2 unspecified atom stereocenters. The van der Waals surface area contributed by atoms with E-state index < -0.39 is 31.1 Å². The Bertz CT molecular complexity index is 634. The second-order valence-corrected chi connectivity index (χ2v) is 10.2. The maximum atomic E-state index is 11.4. The minimum absolute atomic E-state index is 0.778. The first-order valence-corrected chi connectivity index (χ1v) is 11.0. The van der Waals surface area contributed by atoms with Crippen LogP contribution in [0.2, 0.25) is 0 Å². The van der Waals surface area contributed by atoms with Gasteiger partial charge in [0, 0.05) is 5.92 Å². The normalized spacial score (nSPS) is 24.9. The minimum Gasteiger partial charge on any atom is -0.421 e. The van der Waals surface area contributed by atoms with Crippen LogP contribution < -0.4 is 0 Å². The van der Waals surface area contributed by atoms with Gasteiger partial charge in [-0.2, -0.15) is 26.3 Å². The van der Waals surface area contributed by atoms with E-state index in [9.17, 15) is 43.2 Å². The van der Waals surface area contributed by atoms with E-state index in [2.05, 4.69) is 20.9 Å². The highest BCUT2D eigenvalue weighted by Crippen LogP contribution is 2.36. The van der Waals surface area contributed by atoms with E-state index in [4.69, 9.17) is 0 Å². The molecule has 0 aromatic heterocycles. The highest BCUT2D eigenvalue weighted by atomic mass is 32.3. The minimum atomic E-state index is -6.72. The van der Waals surface area contributed by atoms with Crippen LogP contribution >= 0.6 is 0 Å². The van der Waals surface area contributed by atoms with Crippen molar-refractivity contribution in [2.45, 2.75) is 50.5 Å². The summed E-state index contributed by atoms with van der Waals surface area (Å²) in [4.78, 5) is 0. The molecule has 1 aliphatic rings. The first kappa shape index (κ1) is 26.4. The zero-order chi connectivity index (χ0) is 21.7. The van der Waals surface area contributed by atoms with Crippen LogP contribution in [0.1, 0.15) is 39.5 Å². The number of hydrogen-bond acceptors (Lipinski definition) is 4. The van der Waals surface area contributed by atoms with E-state index in [0.717, 1.165) is 10.0 Å². The van der Waals surface area contributed by atoms with Gasteiger partial charge in [-0.25, -0.2) is 16.8 Å². The molecule has 1 fully saturated rings. The van der Waals surface area contributed by atoms with E-state index in [-0.39, 0.29) is 0 Å². The zero-order valence-corrected chi connectivity index (χ0v) is 16.8. The molecule has 1 heterocycles. The van der Waals surface area contributed by atoms with Crippen molar-refractivity contribution in [2.75, 3.05) is 26.7 Å². The van der Waals surface area contributed by atoms with Gasteiger partial charge in [0.25, 0.3) is 0 Å². The van der Waals surface area contributed by atoms with Crippen molar-refractivity contribution in [2.24, 2.45) is 5.92 Å². The summed E-state index contributed by atoms with van der Waals surface area (Å²) < 4.78 is 111. The Morgan fingerprint density at radius 3 is 1.78 bits per heavy atom. The Morgan fingerprint density at radius 1 is 1.00 bits per heavy atom. The van der Waals surface area contributed by atoms with Crippen LogP contribution in [0.15, 0.2) is 0 Å². The molecule has 0 N–H and O–H groups in total. The molecule has 164 valence electrons. The van der Waals surface area contributed by atoms with Gasteiger partial charge in [-0.15, -0.1) is 0 Å². The molecular weight excluding hydrogens is 426 g/mol. The molecular formula is C13H24F6N2O4S2. The Morgan fingerprint density at radius 2 is 1.44 bits per heavy atom. The summed E-state index contributed by atoms with van der Waals surface area (Å²) in [5, 5.41) is 0. The lowest BCUT2D eigenvalue weighted by atomic mass is 9.98. The van der Waals surface area contributed by atoms with Crippen LogP contribution in [0, 0.1) is 5.92 Å². The lowest BCUT2D eigenvalue weighted by Crippen LogP contribution is -2.50. The quantitative estimate of drug-likeness (QED) is 0.472. The third-order valence-corrected chi connectivity index (χ3v) is 6.72. The van der Waals surface area contributed by atoms with Crippen LogP contribution in [0.5, 0.6) is 0 Å². The van der Waals surface area contributed by atoms with Crippen LogP contribution in [0.25, 0.3) is 4.13 Å². The molecule has 1 rings (SSSR count). The summed E-state index contributed by atoms with van der Waals surface area (Å²) in [5.41, 5.74) is -12.4. The molecule has 1 saturated heterocycles. The second-order valence-electron chi connectivity index (χ2n) is 6.77. The Kier molecular flexibility index (Phi) is 9.06. The van der Waals surface area contributed by atoms with Gasteiger partial charge in [0.1, 0.15) is 0 Å². The fourth-order valence-corrected chi connectivity index (χ4v) is 4.42. The summed E-state index contributed by atoms with van der Waals surface area (Å²) in [6.07, 6.45) is 5.66. The molecule has 0 spiro atoms. The van der Waals surface area contributed by atoms with Crippen molar-refractivity contribution in [3.8, 4) is 0 Å². The molecule has 1 aliphatic heterocycles. The number of unbranched alkanes of at least 4 members (excludes halogenated alkanes) is 1. The predicted molar refractivity (Wildman–Crippen MR) is 87.4 cm³/mol. The van der Waals surface area contributed by atoms with Crippen LogP contribution in [0.4, 0.5) is 26.3 Å². The molecule has 27 heavy (non-hydrogen) atoms. The molecule has 0 bridgehead atoms. The van der Waals surface area contributed by atoms with Gasteiger partial charge in [-0.1, -0.05) is 20.3 Å². The number of rotatable bonds is 5. The SMILES string of the molecule is CCCC[N+]1(C)CCCC(C)C1.O=S(=O)([N-]S(=O)(=O)C(F)(F)F)C(F)(F)F. The Balaban J connectivity index is 0.000000511. The van der Waals surface area contributed by atoms with Gasteiger partial charge in [0.15, 0.2) is 20.0 Å². The average Bonchev–Trinajstić information content (AvgIpc) is 2.42. The van der Waals surface area contributed by atoms with Gasteiger partial charge < -0.3 is 8.61 Å². The molecule has 6 nitrogen and oxygen atoms in total. The lowest BCUT2D eigenvalue weighted by Gasteiger charge is -2.40. The van der Waals surface area contributed by atoms with Gasteiger partial charge in [0.05, 0.1) is 26.7 Å². The predicted octanol–water partition coefficient (Wildman–Crippen LogP) is 3.72. The van der Waals surface area contributed by atoms with Crippen LogP contribution in [0.3, 0.4) is 0 Å². The highest BCUT2D eigenvalue weighted by molar-refractivity contribution is 8.13. The first-order valence-electron chi connectivity index (χ1n) is 8.07. The monoisotopic (exact) mass is 450 g/mol. The molecule has 14 heteroatoms. The van der Waals surface area contributed by atoms with Gasteiger partial charge in [-0.05, 0) is 19.3 Å². The number of piperidine rings is 1. The molecule has 0 aromatic rings. The second kappa shape index (κ2) is 9.27. The summed E-state index contributed by atoms with van der Waals surface area (Å²) in [5.74, 6) is 0.959. The number of quaternary nitrogens is 1. The third kappa shape index (κ3) is 8.52. The summed E-state index contributed by atoms with van der Waals surface area (Å²) in [6, 6.07) is 0. The van der Waals surface area contributed by atoms with Crippen molar-refractivity contribution in [3.63, 3.8) is 0 Å². The fourth-order valence-electron chi connectivity index (χ4n) is 2.71. The summed E-state index contributed by atoms with van der Waals surface area (Å²) in [7, 11) is -11.0. The van der Waals surface area contributed by atoms with E-state index in [1.807, 2.05) is 0 Å². The number of halogens is 6. The van der Waals surface area contributed by atoms with Gasteiger partial charge >= 0.3 is 11.0 Å². The first-order chi connectivity index (χ1) is 11.9. The highest BCUT2D eigenvalue weighted by Gasteiger charge is 2.46. The van der Waals surface area contributed by atoms with Crippen molar-refractivity contribution in [1.82, 2.24) is 0 Å². The van der Waals surface area contributed by atoms with Crippen molar-refractivity contribution in [3.05, 3.63) is 4.13 Å². The number of alkyl halides is 6. The van der Waals surface area contributed by atoms with E-state index >= 15 is 0 Å². The van der Waals surface area contributed by atoms with E-state index in [0.29, 0.717) is 0 Å². The van der Waals surface area contributed by atoms with Gasteiger partial charge in [0.2, 0.25) is 0 Å². The lowest BCUT2D eigenvalue weighted by molar-refractivity contribution is -0.917. The Hall–Kier alpha value is -0.600.